The van der Waals surface area contributed by atoms with Crippen LogP contribution in [-0.4, -0.2) is 23.0 Å². The van der Waals surface area contributed by atoms with Gasteiger partial charge in [-0.05, 0) is 55.0 Å². The Bertz CT molecular complexity index is 577. The van der Waals surface area contributed by atoms with Gasteiger partial charge >= 0.3 is 5.97 Å². The molecule has 1 aliphatic carbocycles. The highest BCUT2D eigenvalue weighted by atomic mass is 16.4. The van der Waals surface area contributed by atoms with Crippen molar-refractivity contribution in [3.8, 4) is 0 Å². The maximum Gasteiger partial charge on any atom is 0.328 e. The van der Waals surface area contributed by atoms with Crippen molar-refractivity contribution in [2.45, 2.75) is 39.2 Å². The van der Waals surface area contributed by atoms with E-state index in [-0.39, 0.29) is 11.9 Å². The van der Waals surface area contributed by atoms with E-state index in [1.807, 2.05) is 6.92 Å². The number of hydrogen-bond donors (Lipinski definition) is 2. The number of rotatable bonds is 4. The van der Waals surface area contributed by atoms with Crippen LogP contribution < -0.4 is 5.32 Å². The summed E-state index contributed by atoms with van der Waals surface area (Å²) < 4.78 is 0. The molecule has 0 spiro atoms. The molecule has 21 heavy (non-hydrogen) atoms. The van der Waals surface area contributed by atoms with Gasteiger partial charge in [0.2, 0.25) is 0 Å². The summed E-state index contributed by atoms with van der Waals surface area (Å²) in [6, 6.07) is 5.59. The third-order valence-corrected chi connectivity index (χ3v) is 4.12. The van der Waals surface area contributed by atoms with Crippen LogP contribution in [0.15, 0.2) is 24.3 Å². The zero-order valence-electron chi connectivity index (χ0n) is 12.4. The molecule has 1 amide bonds. The fourth-order valence-corrected chi connectivity index (χ4v) is 2.78. The van der Waals surface area contributed by atoms with Gasteiger partial charge < -0.3 is 10.4 Å². The quantitative estimate of drug-likeness (QED) is 0.837. The fourth-order valence-electron chi connectivity index (χ4n) is 2.78. The first kappa shape index (κ1) is 15.3. The normalized spacial score (nSPS) is 21.6. The molecular formula is C17H21NO3. The molecule has 0 bridgehead atoms. The molecule has 0 heterocycles. The lowest BCUT2D eigenvalue weighted by Crippen LogP contribution is -2.36. The van der Waals surface area contributed by atoms with Crippen molar-refractivity contribution in [2.75, 3.05) is 0 Å². The van der Waals surface area contributed by atoms with Gasteiger partial charge in [0.1, 0.15) is 0 Å². The smallest absolute Gasteiger partial charge is 0.328 e. The van der Waals surface area contributed by atoms with Crippen molar-refractivity contribution < 1.29 is 14.7 Å². The molecule has 1 aromatic rings. The molecule has 0 aliphatic heterocycles. The second-order valence-corrected chi connectivity index (χ2v) is 5.73. The third-order valence-electron chi connectivity index (χ3n) is 4.12. The van der Waals surface area contributed by atoms with Gasteiger partial charge in [-0.1, -0.05) is 19.4 Å². The van der Waals surface area contributed by atoms with Gasteiger partial charge in [-0.25, -0.2) is 4.79 Å². The first-order valence-corrected chi connectivity index (χ1v) is 7.30. The predicted molar refractivity (Wildman–Crippen MR) is 82.1 cm³/mol. The summed E-state index contributed by atoms with van der Waals surface area (Å²) in [7, 11) is 0. The molecule has 1 saturated carbocycles. The maximum atomic E-state index is 12.3. The molecular weight excluding hydrogens is 266 g/mol. The Labute approximate surface area is 124 Å². The minimum absolute atomic E-state index is 0.0504. The SMILES string of the molecule is Cc1cc(C(=O)NC2CCCC2C)ccc1/C=C/C(=O)O. The topological polar surface area (TPSA) is 66.4 Å². The zero-order chi connectivity index (χ0) is 15.4. The monoisotopic (exact) mass is 287 g/mol. The number of carbonyl (C=O) groups excluding carboxylic acids is 1. The highest BCUT2D eigenvalue weighted by Gasteiger charge is 2.25. The van der Waals surface area contributed by atoms with E-state index < -0.39 is 5.97 Å². The molecule has 0 saturated heterocycles. The van der Waals surface area contributed by atoms with Crippen LogP contribution in [0.5, 0.6) is 0 Å². The van der Waals surface area contributed by atoms with Crippen LogP contribution >= 0.6 is 0 Å². The highest BCUT2D eigenvalue weighted by molar-refractivity contribution is 5.95. The van der Waals surface area contributed by atoms with Crippen molar-refractivity contribution in [3.05, 3.63) is 41.0 Å². The number of amides is 1. The van der Waals surface area contributed by atoms with Crippen molar-refractivity contribution >= 4 is 18.0 Å². The number of carbonyl (C=O) groups is 2. The van der Waals surface area contributed by atoms with Crippen LogP contribution in [0.4, 0.5) is 0 Å². The number of benzene rings is 1. The van der Waals surface area contributed by atoms with Crippen molar-refractivity contribution in [2.24, 2.45) is 5.92 Å². The van der Waals surface area contributed by atoms with Crippen molar-refractivity contribution in [1.29, 1.82) is 0 Å². The summed E-state index contributed by atoms with van der Waals surface area (Å²) >= 11 is 0. The van der Waals surface area contributed by atoms with E-state index in [4.69, 9.17) is 5.11 Å². The molecule has 2 atom stereocenters. The lowest BCUT2D eigenvalue weighted by Gasteiger charge is -2.17. The molecule has 4 heteroatoms. The molecule has 1 aromatic carbocycles. The molecule has 1 aliphatic rings. The van der Waals surface area contributed by atoms with E-state index >= 15 is 0 Å². The number of nitrogens with one attached hydrogen (secondary N) is 1. The Morgan fingerprint density at radius 2 is 2.10 bits per heavy atom. The van der Waals surface area contributed by atoms with Gasteiger partial charge in [0.05, 0.1) is 0 Å². The van der Waals surface area contributed by atoms with E-state index in [9.17, 15) is 9.59 Å². The average molecular weight is 287 g/mol. The molecule has 2 N–H and O–H groups in total. The van der Waals surface area contributed by atoms with Gasteiger partial charge in [0.25, 0.3) is 5.91 Å². The van der Waals surface area contributed by atoms with Gasteiger partial charge in [-0.3, -0.25) is 4.79 Å². The first-order valence-electron chi connectivity index (χ1n) is 7.30. The summed E-state index contributed by atoms with van der Waals surface area (Å²) in [6.45, 7) is 4.04. The molecule has 4 nitrogen and oxygen atoms in total. The Morgan fingerprint density at radius 1 is 1.33 bits per heavy atom. The van der Waals surface area contributed by atoms with Crippen LogP contribution in [0.2, 0.25) is 0 Å². The molecule has 2 unspecified atom stereocenters. The van der Waals surface area contributed by atoms with Crippen LogP contribution in [0.25, 0.3) is 6.08 Å². The number of carboxylic acids is 1. The summed E-state index contributed by atoms with van der Waals surface area (Å²) in [5.74, 6) is -0.495. The molecule has 0 radical (unpaired) electrons. The lowest BCUT2D eigenvalue weighted by molar-refractivity contribution is -0.131. The second kappa shape index (κ2) is 6.57. The fraction of sp³-hybridized carbons (Fsp3) is 0.412. The summed E-state index contributed by atoms with van der Waals surface area (Å²) in [6.07, 6.45) is 6.03. The van der Waals surface area contributed by atoms with Gasteiger partial charge in [0.15, 0.2) is 0 Å². The maximum absolute atomic E-state index is 12.3. The second-order valence-electron chi connectivity index (χ2n) is 5.73. The minimum atomic E-state index is -0.980. The highest BCUT2D eigenvalue weighted by Crippen LogP contribution is 2.25. The van der Waals surface area contributed by atoms with Crippen molar-refractivity contribution in [1.82, 2.24) is 5.32 Å². The third kappa shape index (κ3) is 3.94. The Morgan fingerprint density at radius 3 is 2.67 bits per heavy atom. The van der Waals surface area contributed by atoms with Crippen molar-refractivity contribution in [3.63, 3.8) is 0 Å². The zero-order valence-corrected chi connectivity index (χ0v) is 12.4. The summed E-state index contributed by atoms with van der Waals surface area (Å²) in [4.78, 5) is 22.8. The molecule has 1 fully saturated rings. The standard InChI is InChI=1S/C17H21NO3/c1-11-4-3-5-15(11)18-17(21)14-7-6-13(12(2)10-14)8-9-16(19)20/h6-11,15H,3-5H2,1-2H3,(H,18,21)(H,19,20)/b9-8+. The average Bonchev–Trinajstić information content (AvgIpc) is 2.82. The van der Waals surface area contributed by atoms with Crippen LogP contribution in [-0.2, 0) is 4.79 Å². The largest absolute Gasteiger partial charge is 0.478 e. The number of hydrogen-bond acceptors (Lipinski definition) is 2. The lowest BCUT2D eigenvalue weighted by atomic mass is 10.0. The van der Waals surface area contributed by atoms with E-state index in [0.29, 0.717) is 11.5 Å². The summed E-state index contributed by atoms with van der Waals surface area (Å²) in [5, 5.41) is 11.7. The van der Waals surface area contributed by atoms with E-state index in [2.05, 4.69) is 12.2 Å². The van der Waals surface area contributed by atoms with Gasteiger partial charge in [-0.15, -0.1) is 0 Å². The van der Waals surface area contributed by atoms with Crippen LogP contribution in [0, 0.1) is 12.8 Å². The Hall–Kier alpha value is -2.10. The van der Waals surface area contributed by atoms with Gasteiger partial charge in [-0.2, -0.15) is 0 Å². The number of carboxylic acid groups (broad SMARTS) is 1. The molecule has 0 aromatic heterocycles. The molecule has 112 valence electrons. The van der Waals surface area contributed by atoms with E-state index in [0.717, 1.165) is 23.6 Å². The Balaban J connectivity index is 2.08. The van der Waals surface area contributed by atoms with E-state index in [1.165, 1.54) is 12.8 Å². The van der Waals surface area contributed by atoms with Gasteiger partial charge in [0, 0.05) is 17.7 Å². The van der Waals surface area contributed by atoms with Crippen LogP contribution in [0.3, 0.4) is 0 Å². The predicted octanol–water partition coefficient (Wildman–Crippen LogP) is 3.01. The molecule has 2 rings (SSSR count). The first-order chi connectivity index (χ1) is 9.97. The minimum Gasteiger partial charge on any atom is -0.478 e. The summed E-state index contributed by atoms with van der Waals surface area (Å²) in [5.41, 5.74) is 2.32. The van der Waals surface area contributed by atoms with Crippen LogP contribution in [0.1, 0.15) is 47.7 Å². The number of aryl methyl sites for hydroxylation is 1. The number of aliphatic carboxylic acids is 1. The Kier molecular flexibility index (Phi) is 4.78. The van der Waals surface area contributed by atoms with E-state index in [1.54, 1.807) is 24.3 Å².